The number of ether oxygens (including phenoxy) is 1. The van der Waals surface area contributed by atoms with Crippen molar-refractivity contribution < 1.29 is 9.66 Å². The minimum Gasteiger partial charge on any atom is -0.381 e. The van der Waals surface area contributed by atoms with Crippen LogP contribution in [0.5, 0.6) is 0 Å². The molecule has 116 valence electrons. The van der Waals surface area contributed by atoms with Gasteiger partial charge < -0.3 is 10.1 Å². The number of methoxy groups -OCH3 is 1. The summed E-state index contributed by atoms with van der Waals surface area (Å²) < 4.78 is 5.37. The quantitative estimate of drug-likeness (QED) is 0.645. The molecule has 0 radical (unpaired) electrons. The highest BCUT2D eigenvalue weighted by Gasteiger charge is 2.22. The number of nitro groups is 1. The topological polar surface area (TPSA) is 67.6 Å². The van der Waals surface area contributed by atoms with E-state index in [9.17, 15) is 10.1 Å². The van der Waals surface area contributed by atoms with Gasteiger partial charge in [-0.3, -0.25) is 15.0 Å². The lowest BCUT2D eigenvalue weighted by Crippen LogP contribution is -2.36. The maximum absolute atomic E-state index is 11.2. The summed E-state index contributed by atoms with van der Waals surface area (Å²) in [6.07, 6.45) is 2.38. The molecule has 1 aromatic carbocycles. The van der Waals surface area contributed by atoms with Gasteiger partial charge in [0, 0.05) is 39.4 Å². The van der Waals surface area contributed by atoms with E-state index in [2.05, 4.69) is 10.2 Å². The van der Waals surface area contributed by atoms with Crippen molar-refractivity contribution in [2.24, 2.45) is 0 Å². The van der Waals surface area contributed by atoms with Crippen molar-refractivity contribution in [1.29, 1.82) is 0 Å². The standard InChI is InChI=1S/C15H23N3O3/c1-3-16-15-12(5-4-6-14(15)18(19)20)11-17-9-7-13(21-2)8-10-17/h4-6,13,16H,3,7-11H2,1-2H3. The fraction of sp³-hybridized carbons (Fsp3) is 0.600. The maximum atomic E-state index is 11.2. The van der Waals surface area contributed by atoms with Crippen LogP contribution in [0.15, 0.2) is 18.2 Å². The number of piperidine rings is 1. The summed E-state index contributed by atoms with van der Waals surface area (Å²) in [7, 11) is 1.75. The van der Waals surface area contributed by atoms with Crippen molar-refractivity contribution >= 4 is 11.4 Å². The first-order chi connectivity index (χ1) is 10.2. The summed E-state index contributed by atoms with van der Waals surface area (Å²) in [6.45, 7) is 5.29. The van der Waals surface area contributed by atoms with E-state index in [-0.39, 0.29) is 10.6 Å². The molecule has 1 aromatic rings. The molecule has 0 atom stereocenters. The number of nitrogens with zero attached hydrogens (tertiary/aromatic N) is 2. The molecule has 0 aliphatic carbocycles. The minimum atomic E-state index is -0.321. The van der Waals surface area contributed by atoms with E-state index in [1.807, 2.05) is 13.0 Å². The van der Waals surface area contributed by atoms with Crippen LogP contribution < -0.4 is 5.32 Å². The third-order valence-electron chi connectivity index (χ3n) is 3.94. The van der Waals surface area contributed by atoms with Gasteiger partial charge in [-0.2, -0.15) is 0 Å². The smallest absolute Gasteiger partial charge is 0.292 e. The Hall–Kier alpha value is -1.66. The van der Waals surface area contributed by atoms with Crippen molar-refractivity contribution in [3.63, 3.8) is 0 Å². The monoisotopic (exact) mass is 293 g/mol. The number of likely N-dealkylation sites (tertiary alicyclic amines) is 1. The zero-order chi connectivity index (χ0) is 15.2. The summed E-state index contributed by atoms with van der Waals surface area (Å²) in [5.74, 6) is 0. The van der Waals surface area contributed by atoms with Crippen molar-refractivity contribution in [2.75, 3.05) is 32.1 Å². The van der Waals surface area contributed by atoms with Gasteiger partial charge in [0.25, 0.3) is 5.69 Å². The molecule has 1 aliphatic heterocycles. The average molecular weight is 293 g/mol. The van der Waals surface area contributed by atoms with Crippen molar-refractivity contribution in [2.45, 2.75) is 32.4 Å². The van der Waals surface area contributed by atoms with Crippen LogP contribution in [0.4, 0.5) is 11.4 Å². The summed E-state index contributed by atoms with van der Waals surface area (Å²) in [6, 6.07) is 5.28. The molecule has 1 heterocycles. The molecular weight excluding hydrogens is 270 g/mol. The molecule has 21 heavy (non-hydrogen) atoms. The van der Waals surface area contributed by atoms with Gasteiger partial charge in [-0.15, -0.1) is 0 Å². The summed E-state index contributed by atoms with van der Waals surface area (Å²) in [5, 5.41) is 14.3. The summed E-state index contributed by atoms with van der Waals surface area (Å²) in [4.78, 5) is 13.2. The molecule has 0 unspecified atom stereocenters. The lowest BCUT2D eigenvalue weighted by Gasteiger charge is -2.31. The SMILES string of the molecule is CCNc1c(CN2CCC(OC)CC2)cccc1[N+](=O)[O-]. The number of nitro benzene ring substituents is 1. The molecule has 0 spiro atoms. The fourth-order valence-corrected chi connectivity index (χ4v) is 2.80. The largest absolute Gasteiger partial charge is 0.381 e. The Kier molecular flexibility index (Phi) is 5.52. The zero-order valence-corrected chi connectivity index (χ0v) is 12.7. The minimum absolute atomic E-state index is 0.154. The number of hydrogen-bond donors (Lipinski definition) is 1. The van der Waals surface area contributed by atoms with E-state index in [1.165, 1.54) is 0 Å². The van der Waals surface area contributed by atoms with Crippen LogP contribution in [-0.4, -0.2) is 42.7 Å². The van der Waals surface area contributed by atoms with Crippen LogP contribution in [0.3, 0.4) is 0 Å². The molecule has 1 fully saturated rings. The second kappa shape index (κ2) is 7.38. The van der Waals surface area contributed by atoms with Gasteiger partial charge in [0.1, 0.15) is 5.69 Å². The number of nitrogens with one attached hydrogen (secondary N) is 1. The normalized spacial score (nSPS) is 16.9. The molecule has 1 saturated heterocycles. The molecule has 6 nitrogen and oxygen atoms in total. The highest BCUT2D eigenvalue weighted by atomic mass is 16.6. The van der Waals surface area contributed by atoms with E-state index in [1.54, 1.807) is 19.2 Å². The number of rotatable bonds is 6. The van der Waals surface area contributed by atoms with Gasteiger partial charge in [0.15, 0.2) is 0 Å². The summed E-state index contributed by atoms with van der Waals surface area (Å²) >= 11 is 0. The van der Waals surface area contributed by atoms with Crippen LogP contribution in [0.1, 0.15) is 25.3 Å². The second-order valence-electron chi connectivity index (χ2n) is 5.31. The molecule has 0 bridgehead atoms. The molecule has 1 N–H and O–H groups in total. The fourth-order valence-electron chi connectivity index (χ4n) is 2.80. The first kappa shape index (κ1) is 15.7. The van der Waals surface area contributed by atoms with Gasteiger partial charge in [-0.1, -0.05) is 12.1 Å². The Bertz CT molecular complexity index is 485. The molecule has 1 aliphatic rings. The number of para-hydroxylation sites is 1. The Morgan fingerprint density at radius 3 is 2.71 bits per heavy atom. The third-order valence-corrected chi connectivity index (χ3v) is 3.94. The van der Waals surface area contributed by atoms with Crippen LogP contribution in [-0.2, 0) is 11.3 Å². The Morgan fingerprint density at radius 2 is 2.14 bits per heavy atom. The lowest BCUT2D eigenvalue weighted by molar-refractivity contribution is -0.384. The van der Waals surface area contributed by atoms with E-state index in [4.69, 9.17) is 4.74 Å². The second-order valence-corrected chi connectivity index (χ2v) is 5.31. The highest BCUT2D eigenvalue weighted by molar-refractivity contribution is 5.66. The van der Waals surface area contributed by atoms with Crippen molar-refractivity contribution in [3.8, 4) is 0 Å². The predicted molar refractivity (Wildman–Crippen MR) is 82.6 cm³/mol. The van der Waals surface area contributed by atoms with Crippen molar-refractivity contribution in [3.05, 3.63) is 33.9 Å². The lowest BCUT2D eigenvalue weighted by atomic mass is 10.1. The van der Waals surface area contributed by atoms with Gasteiger partial charge >= 0.3 is 0 Å². The molecule has 6 heteroatoms. The van der Waals surface area contributed by atoms with Gasteiger partial charge in [-0.05, 0) is 25.3 Å². The number of hydrogen-bond acceptors (Lipinski definition) is 5. The Balaban J connectivity index is 2.12. The third kappa shape index (κ3) is 3.92. The number of benzene rings is 1. The van der Waals surface area contributed by atoms with Crippen LogP contribution >= 0.6 is 0 Å². The number of anilines is 1. The molecular formula is C15H23N3O3. The first-order valence-electron chi connectivity index (χ1n) is 7.41. The maximum Gasteiger partial charge on any atom is 0.292 e. The first-order valence-corrected chi connectivity index (χ1v) is 7.41. The van der Waals surface area contributed by atoms with Crippen LogP contribution in [0.25, 0.3) is 0 Å². The van der Waals surface area contributed by atoms with E-state index < -0.39 is 0 Å². The molecule has 0 aromatic heterocycles. The molecule has 2 rings (SSSR count). The van der Waals surface area contributed by atoms with E-state index >= 15 is 0 Å². The van der Waals surface area contributed by atoms with Crippen LogP contribution in [0, 0.1) is 10.1 Å². The van der Waals surface area contributed by atoms with Crippen molar-refractivity contribution in [1.82, 2.24) is 4.90 Å². The van der Waals surface area contributed by atoms with Gasteiger partial charge in [0.2, 0.25) is 0 Å². The van der Waals surface area contributed by atoms with Gasteiger partial charge in [-0.25, -0.2) is 0 Å². The summed E-state index contributed by atoms with van der Waals surface area (Å²) in [5.41, 5.74) is 1.79. The van der Waals surface area contributed by atoms with E-state index in [0.29, 0.717) is 18.3 Å². The van der Waals surface area contributed by atoms with E-state index in [0.717, 1.165) is 38.0 Å². The molecule has 0 saturated carbocycles. The average Bonchev–Trinajstić information content (AvgIpc) is 2.49. The van der Waals surface area contributed by atoms with Gasteiger partial charge in [0.05, 0.1) is 11.0 Å². The Morgan fingerprint density at radius 1 is 1.43 bits per heavy atom. The molecule has 0 amide bonds. The highest BCUT2D eigenvalue weighted by Crippen LogP contribution is 2.29. The predicted octanol–water partition coefficient (Wildman–Crippen LogP) is 2.64. The van der Waals surface area contributed by atoms with Crippen LogP contribution in [0.2, 0.25) is 0 Å². The Labute approximate surface area is 125 Å². The zero-order valence-electron chi connectivity index (χ0n) is 12.7.